The summed E-state index contributed by atoms with van der Waals surface area (Å²) < 4.78 is 24.8. The van der Waals surface area contributed by atoms with Crippen molar-refractivity contribution in [1.82, 2.24) is 0 Å². The molecule has 4 nitrogen and oxygen atoms in total. The molecule has 2 heterocycles. The molecule has 1 aromatic heterocycles. The fraction of sp³-hybridized carbons (Fsp3) is 0.190. The lowest BCUT2D eigenvalue weighted by Gasteiger charge is -2.30. The van der Waals surface area contributed by atoms with E-state index in [-0.39, 0.29) is 16.6 Å². The van der Waals surface area contributed by atoms with Gasteiger partial charge in [0.25, 0.3) is 0 Å². The fourth-order valence-corrected chi connectivity index (χ4v) is 5.79. The van der Waals surface area contributed by atoms with Crippen LogP contribution >= 0.6 is 11.3 Å². The summed E-state index contributed by atoms with van der Waals surface area (Å²) >= 11 is 1.60. The highest BCUT2D eigenvalue weighted by Crippen LogP contribution is 2.36. The van der Waals surface area contributed by atoms with E-state index in [1.54, 1.807) is 40.5 Å². The van der Waals surface area contributed by atoms with E-state index in [0.29, 0.717) is 18.5 Å². The van der Waals surface area contributed by atoms with Crippen LogP contribution in [0.5, 0.6) is 0 Å². The summed E-state index contributed by atoms with van der Waals surface area (Å²) in [6.45, 7) is 0.470. The molecular weight excluding hydrogens is 378 g/mol. The molecule has 138 valence electrons. The van der Waals surface area contributed by atoms with Crippen molar-refractivity contribution in [2.45, 2.75) is 23.8 Å². The minimum Gasteiger partial charge on any atom is -0.307 e. The van der Waals surface area contributed by atoms with Gasteiger partial charge in [-0.1, -0.05) is 36.4 Å². The van der Waals surface area contributed by atoms with E-state index >= 15 is 0 Å². The zero-order valence-corrected chi connectivity index (χ0v) is 16.2. The maximum atomic E-state index is 13.5. The number of thiophene rings is 1. The van der Waals surface area contributed by atoms with Crippen molar-refractivity contribution in [2.75, 3.05) is 10.7 Å². The Balaban J connectivity index is 1.74. The molecule has 1 aliphatic rings. The first-order valence-electron chi connectivity index (χ1n) is 8.75. The summed E-state index contributed by atoms with van der Waals surface area (Å²) in [5.41, 5.74) is 2.49. The molecule has 0 spiro atoms. The van der Waals surface area contributed by atoms with Crippen LogP contribution in [0.3, 0.4) is 0 Å². The molecule has 0 bridgehead atoms. The molecular formula is C21H19NO3S2. The topological polar surface area (TPSA) is 54.5 Å². The second-order valence-electron chi connectivity index (χ2n) is 6.59. The highest BCUT2D eigenvalue weighted by molar-refractivity contribution is 7.91. The van der Waals surface area contributed by atoms with Crippen LogP contribution in [-0.2, 0) is 21.2 Å². The van der Waals surface area contributed by atoms with Crippen LogP contribution in [0.15, 0.2) is 76.3 Å². The van der Waals surface area contributed by atoms with E-state index in [9.17, 15) is 13.2 Å². The predicted molar refractivity (Wildman–Crippen MR) is 108 cm³/mol. The molecule has 0 radical (unpaired) electrons. The molecule has 0 saturated heterocycles. The number of rotatable bonds is 4. The lowest BCUT2D eigenvalue weighted by molar-refractivity contribution is -0.120. The van der Waals surface area contributed by atoms with Crippen molar-refractivity contribution in [3.8, 4) is 0 Å². The quantitative estimate of drug-likeness (QED) is 0.662. The maximum Gasteiger partial charge on any atom is 0.234 e. The highest BCUT2D eigenvalue weighted by Gasteiger charge is 2.36. The summed E-state index contributed by atoms with van der Waals surface area (Å²) in [7, 11) is -3.32. The minimum absolute atomic E-state index is 0.00149. The maximum absolute atomic E-state index is 13.5. The number of hydrogen-bond acceptors (Lipinski definition) is 4. The Kier molecular flexibility index (Phi) is 4.85. The lowest BCUT2D eigenvalue weighted by Crippen LogP contribution is -2.37. The van der Waals surface area contributed by atoms with Gasteiger partial charge in [0.1, 0.15) is 0 Å². The molecule has 27 heavy (non-hydrogen) atoms. The number of hydrogen-bond donors (Lipinski definition) is 0. The second kappa shape index (κ2) is 7.29. The van der Waals surface area contributed by atoms with Crippen molar-refractivity contribution >= 4 is 32.8 Å². The molecule has 6 heteroatoms. The molecule has 4 rings (SSSR count). The third kappa shape index (κ3) is 3.55. The Morgan fingerprint density at radius 1 is 1.04 bits per heavy atom. The first kappa shape index (κ1) is 17.9. The molecule has 1 unspecified atom stereocenters. The van der Waals surface area contributed by atoms with Crippen molar-refractivity contribution in [2.24, 2.45) is 0 Å². The number of anilines is 1. The van der Waals surface area contributed by atoms with Gasteiger partial charge in [-0.3, -0.25) is 4.79 Å². The van der Waals surface area contributed by atoms with Crippen LogP contribution in [0, 0.1) is 0 Å². The van der Waals surface area contributed by atoms with E-state index in [2.05, 4.69) is 0 Å². The molecule has 3 aromatic rings. The van der Waals surface area contributed by atoms with Gasteiger partial charge in [-0.15, -0.1) is 0 Å². The largest absolute Gasteiger partial charge is 0.307 e. The van der Waals surface area contributed by atoms with Crippen molar-refractivity contribution in [1.29, 1.82) is 0 Å². The Labute approximate surface area is 163 Å². The molecule has 1 aliphatic heterocycles. The van der Waals surface area contributed by atoms with Crippen molar-refractivity contribution < 1.29 is 13.2 Å². The summed E-state index contributed by atoms with van der Waals surface area (Å²) in [6, 6.07) is 18.4. The molecule has 0 saturated carbocycles. The Morgan fingerprint density at radius 2 is 1.78 bits per heavy atom. The van der Waals surface area contributed by atoms with Gasteiger partial charge in [-0.2, -0.15) is 11.3 Å². The van der Waals surface area contributed by atoms with Gasteiger partial charge in [0.2, 0.25) is 5.91 Å². The van der Waals surface area contributed by atoms with Crippen molar-refractivity contribution in [3.05, 3.63) is 82.6 Å². The summed E-state index contributed by atoms with van der Waals surface area (Å²) in [5.74, 6) is -0.514. The van der Waals surface area contributed by atoms with Gasteiger partial charge in [0.15, 0.2) is 9.84 Å². The number of amides is 1. The predicted octanol–water partition coefficient (Wildman–Crippen LogP) is 4.24. The molecule has 0 N–H and O–H groups in total. The Morgan fingerprint density at radius 3 is 2.52 bits per heavy atom. The lowest BCUT2D eigenvalue weighted by atomic mass is 9.94. The van der Waals surface area contributed by atoms with Gasteiger partial charge in [0, 0.05) is 5.69 Å². The van der Waals surface area contributed by atoms with Gasteiger partial charge >= 0.3 is 0 Å². The van der Waals surface area contributed by atoms with E-state index in [4.69, 9.17) is 0 Å². The van der Waals surface area contributed by atoms with E-state index in [1.165, 1.54) is 0 Å². The SMILES string of the molecule is O=C(C1CCS(=O)(=O)c2ccccc21)N(Cc1ccsc1)c1ccccc1. The molecule has 0 fully saturated rings. The third-order valence-corrected chi connectivity index (χ3v) is 7.40. The third-order valence-electron chi connectivity index (χ3n) is 4.86. The van der Waals surface area contributed by atoms with E-state index < -0.39 is 15.8 Å². The number of carbonyl (C=O) groups is 1. The van der Waals surface area contributed by atoms with E-state index in [1.807, 2.05) is 47.2 Å². The van der Waals surface area contributed by atoms with E-state index in [0.717, 1.165) is 11.3 Å². The van der Waals surface area contributed by atoms with Crippen LogP contribution < -0.4 is 4.90 Å². The number of carbonyl (C=O) groups excluding carboxylic acids is 1. The summed E-state index contributed by atoms with van der Waals surface area (Å²) in [4.78, 5) is 15.6. The summed E-state index contributed by atoms with van der Waals surface area (Å²) in [5, 5.41) is 4.02. The average Bonchev–Trinajstić information content (AvgIpc) is 3.20. The van der Waals surface area contributed by atoms with Crippen molar-refractivity contribution in [3.63, 3.8) is 0 Å². The summed E-state index contributed by atoms with van der Waals surface area (Å²) in [6.07, 6.45) is 0.311. The molecule has 1 amide bonds. The molecule has 0 aliphatic carbocycles. The zero-order valence-electron chi connectivity index (χ0n) is 14.6. The Bertz CT molecular complexity index is 1040. The Hall–Kier alpha value is -2.44. The monoisotopic (exact) mass is 397 g/mol. The number of nitrogens with zero attached hydrogens (tertiary/aromatic N) is 1. The van der Waals surface area contributed by atoms with Gasteiger partial charge in [0.05, 0.1) is 23.1 Å². The van der Waals surface area contributed by atoms with Crippen LogP contribution in [0.4, 0.5) is 5.69 Å². The van der Waals surface area contributed by atoms with Gasteiger partial charge < -0.3 is 4.90 Å². The smallest absolute Gasteiger partial charge is 0.234 e. The average molecular weight is 398 g/mol. The zero-order chi connectivity index (χ0) is 18.9. The first-order valence-corrected chi connectivity index (χ1v) is 11.3. The molecule has 1 atom stereocenters. The van der Waals surface area contributed by atoms with Crippen LogP contribution in [0.2, 0.25) is 0 Å². The normalized spacial score (nSPS) is 17.9. The number of fused-ring (bicyclic) bond motifs is 1. The van der Waals surface area contributed by atoms with Gasteiger partial charge in [-0.05, 0) is 52.6 Å². The molecule has 2 aromatic carbocycles. The number of benzene rings is 2. The van der Waals surface area contributed by atoms with Gasteiger partial charge in [-0.25, -0.2) is 8.42 Å². The number of para-hydroxylation sites is 1. The van der Waals surface area contributed by atoms with Crippen LogP contribution in [-0.4, -0.2) is 20.1 Å². The van der Waals surface area contributed by atoms with Crippen LogP contribution in [0.1, 0.15) is 23.5 Å². The highest BCUT2D eigenvalue weighted by atomic mass is 32.2. The second-order valence-corrected chi connectivity index (χ2v) is 9.45. The minimum atomic E-state index is -3.32. The fourth-order valence-electron chi connectivity index (χ4n) is 3.50. The standard InChI is InChI=1S/C21H19NO3S2/c23-21(19-11-13-27(24,25)20-9-5-4-8-18(19)20)22(14-16-10-12-26-15-16)17-6-2-1-3-7-17/h1-10,12,15,19H,11,13-14H2. The number of sulfone groups is 1. The van der Waals surface area contributed by atoms with Crippen LogP contribution in [0.25, 0.3) is 0 Å². The first-order chi connectivity index (χ1) is 13.1.